The fourth-order valence-electron chi connectivity index (χ4n) is 2.36. The predicted molar refractivity (Wildman–Crippen MR) is 73.5 cm³/mol. The SMILES string of the molecule is COC(=O)c1cccc(C2CC2)c1COc1ccn(O)n1. The van der Waals surface area contributed by atoms with Gasteiger partial charge in [-0.2, -0.15) is 0 Å². The van der Waals surface area contributed by atoms with Crippen LogP contribution in [0, 0.1) is 0 Å². The first kappa shape index (κ1) is 13.5. The van der Waals surface area contributed by atoms with E-state index in [2.05, 4.69) is 5.10 Å². The average molecular weight is 288 g/mol. The van der Waals surface area contributed by atoms with Crippen molar-refractivity contribution < 1.29 is 19.5 Å². The molecule has 0 saturated heterocycles. The lowest BCUT2D eigenvalue weighted by molar-refractivity contribution is 0.0597. The molecule has 6 nitrogen and oxygen atoms in total. The molecule has 6 heteroatoms. The number of esters is 1. The van der Waals surface area contributed by atoms with Gasteiger partial charge < -0.3 is 14.7 Å². The van der Waals surface area contributed by atoms with Gasteiger partial charge in [0.2, 0.25) is 5.88 Å². The van der Waals surface area contributed by atoms with E-state index in [1.807, 2.05) is 12.1 Å². The Morgan fingerprint density at radius 2 is 2.24 bits per heavy atom. The zero-order valence-corrected chi connectivity index (χ0v) is 11.7. The van der Waals surface area contributed by atoms with E-state index < -0.39 is 0 Å². The molecular formula is C15H16N2O4. The van der Waals surface area contributed by atoms with Crippen molar-refractivity contribution in [1.29, 1.82) is 0 Å². The molecule has 0 radical (unpaired) electrons. The molecule has 0 unspecified atom stereocenters. The fraction of sp³-hybridized carbons (Fsp3) is 0.333. The van der Waals surface area contributed by atoms with E-state index in [4.69, 9.17) is 14.7 Å². The monoisotopic (exact) mass is 288 g/mol. The minimum atomic E-state index is -0.371. The molecule has 110 valence electrons. The van der Waals surface area contributed by atoms with Crippen LogP contribution in [0.2, 0.25) is 0 Å². The van der Waals surface area contributed by atoms with Crippen molar-refractivity contribution in [2.24, 2.45) is 0 Å². The maximum absolute atomic E-state index is 11.9. The summed E-state index contributed by atoms with van der Waals surface area (Å²) >= 11 is 0. The molecule has 1 saturated carbocycles. The zero-order valence-electron chi connectivity index (χ0n) is 11.7. The lowest BCUT2D eigenvalue weighted by Crippen LogP contribution is -2.10. The number of methoxy groups -OCH3 is 1. The minimum absolute atomic E-state index is 0.216. The number of aromatic nitrogens is 2. The van der Waals surface area contributed by atoms with Gasteiger partial charge in [-0.05, 0) is 30.4 Å². The molecule has 1 aromatic heterocycles. The van der Waals surface area contributed by atoms with E-state index in [0.29, 0.717) is 22.2 Å². The van der Waals surface area contributed by atoms with Crippen molar-refractivity contribution >= 4 is 5.97 Å². The van der Waals surface area contributed by atoms with E-state index in [0.717, 1.165) is 24.0 Å². The molecular weight excluding hydrogens is 272 g/mol. The van der Waals surface area contributed by atoms with Crippen LogP contribution >= 0.6 is 0 Å². The summed E-state index contributed by atoms with van der Waals surface area (Å²) in [7, 11) is 1.37. The van der Waals surface area contributed by atoms with Gasteiger partial charge in [-0.15, -0.1) is 4.85 Å². The van der Waals surface area contributed by atoms with E-state index in [9.17, 15) is 4.79 Å². The molecule has 0 spiro atoms. The molecule has 1 aromatic carbocycles. The molecule has 1 aliphatic rings. The van der Waals surface area contributed by atoms with E-state index in [1.54, 1.807) is 12.1 Å². The summed E-state index contributed by atoms with van der Waals surface area (Å²) < 4.78 is 10.4. The molecule has 0 bridgehead atoms. The first-order valence-corrected chi connectivity index (χ1v) is 6.77. The van der Waals surface area contributed by atoms with Crippen LogP contribution in [-0.4, -0.2) is 28.2 Å². The van der Waals surface area contributed by atoms with E-state index >= 15 is 0 Å². The summed E-state index contributed by atoms with van der Waals surface area (Å²) in [5, 5.41) is 12.9. The molecule has 2 aromatic rings. The van der Waals surface area contributed by atoms with Crippen LogP contribution in [0.15, 0.2) is 30.5 Å². The van der Waals surface area contributed by atoms with Crippen molar-refractivity contribution in [1.82, 2.24) is 9.94 Å². The Morgan fingerprint density at radius 1 is 1.43 bits per heavy atom. The van der Waals surface area contributed by atoms with Crippen molar-refractivity contribution in [2.45, 2.75) is 25.4 Å². The molecule has 1 N–H and O–H groups in total. The molecule has 1 fully saturated rings. The summed E-state index contributed by atoms with van der Waals surface area (Å²) in [6.07, 6.45) is 3.63. The molecule has 1 heterocycles. The standard InChI is InChI=1S/C15H16N2O4/c1-20-15(18)12-4-2-3-11(10-5-6-10)13(12)9-21-14-7-8-17(19)16-14/h2-4,7-8,10,19H,5-6,9H2,1H3. The largest absolute Gasteiger partial charge is 0.472 e. The van der Waals surface area contributed by atoms with Gasteiger partial charge in [0.1, 0.15) is 6.61 Å². The van der Waals surface area contributed by atoms with Crippen molar-refractivity contribution in [3.05, 3.63) is 47.2 Å². The van der Waals surface area contributed by atoms with Gasteiger partial charge >= 0.3 is 5.97 Å². The van der Waals surface area contributed by atoms with Gasteiger partial charge in [0.15, 0.2) is 0 Å². The number of hydrogen-bond donors (Lipinski definition) is 1. The highest BCUT2D eigenvalue weighted by atomic mass is 16.5. The van der Waals surface area contributed by atoms with Gasteiger partial charge in [0, 0.05) is 11.6 Å². The van der Waals surface area contributed by atoms with Crippen molar-refractivity contribution in [2.75, 3.05) is 7.11 Å². The van der Waals surface area contributed by atoms with Crippen molar-refractivity contribution in [3.8, 4) is 5.88 Å². The Morgan fingerprint density at radius 3 is 2.86 bits per heavy atom. The van der Waals surface area contributed by atoms with Crippen LogP contribution in [0.3, 0.4) is 0 Å². The Hall–Kier alpha value is -2.50. The van der Waals surface area contributed by atoms with Crippen LogP contribution in [-0.2, 0) is 11.3 Å². The summed E-state index contributed by atoms with van der Waals surface area (Å²) in [5.74, 6) is 0.423. The highest BCUT2D eigenvalue weighted by molar-refractivity contribution is 5.91. The fourth-order valence-corrected chi connectivity index (χ4v) is 2.36. The number of carbonyl (C=O) groups excluding carboxylic acids is 1. The molecule has 0 amide bonds. The third-order valence-electron chi connectivity index (χ3n) is 3.55. The van der Waals surface area contributed by atoms with Gasteiger partial charge in [0.25, 0.3) is 0 Å². The van der Waals surface area contributed by atoms with Gasteiger partial charge in [-0.25, -0.2) is 4.79 Å². The second-order valence-electron chi connectivity index (χ2n) is 5.00. The number of carbonyl (C=O) groups is 1. The lowest BCUT2D eigenvalue weighted by atomic mass is 9.98. The van der Waals surface area contributed by atoms with Gasteiger partial charge in [-0.1, -0.05) is 17.2 Å². The summed E-state index contributed by atoms with van der Waals surface area (Å²) in [6, 6.07) is 7.18. The first-order chi connectivity index (χ1) is 10.2. The van der Waals surface area contributed by atoms with Crippen LogP contribution in [0.25, 0.3) is 0 Å². The molecule has 3 rings (SSSR count). The smallest absolute Gasteiger partial charge is 0.338 e. The number of ether oxygens (including phenoxy) is 2. The number of benzene rings is 1. The topological polar surface area (TPSA) is 73.6 Å². The summed E-state index contributed by atoms with van der Waals surface area (Å²) in [5.41, 5.74) is 2.48. The quantitative estimate of drug-likeness (QED) is 0.675. The maximum Gasteiger partial charge on any atom is 0.338 e. The van der Waals surface area contributed by atoms with Crippen LogP contribution in [0.5, 0.6) is 5.88 Å². The molecule has 0 aliphatic heterocycles. The van der Waals surface area contributed by atoms with Gasteiger partial charge in [0.05, 0.1) is 18.9 Å². The second-order valence-corrected chi connectivity index (χ2v) is 5.00. The number of hydrogen-bond acceptors (Lipinski definition) is 5. The third-order valence-corrected chi connectivity index (χ3v) is 3.55. The predicted octanol–water partition coefficient (Wildman–Crippen LogP) is 2.36. The first-order valence-electron chi connectivity index (χ1n) is 6.77. The second kappa shape index (κ2) is 5.47. The number of nitrogens with zero attached hydrogens (tertiary/aromatic N) is 2. The maximum atomic E-state index is 11.9. The summed E-state index contributed by atoms with van der Waals surface area (Å²) in [4.78, 5) is 12.6. The van der Waals surface area contributed by atoms with Crippen molar-refractivity contribution in [3.63, 3.8) is 0 Å². The lowest BCUT2D eigenvalue weighted by Gasteiger charge is -2.13. The minimum Gasteiger partial charge on any atom is -0.472 e. The van der Waals surface area contributed by atoms with E-state index in [-0.39, 0.29) is 12.6 Å². The Labute approximate surface area is 121 Å². The van der Waals surface area contributed by atoms with E-state index in [1.165, 1.54) is 13.3 Å². The average Bonchev–Trinajstić information content (AvgIpc) is 3.26. The highest BCUT2D eigenvalue weighted by Crippen LogP contribution is 2.42. The Bertz CT molecular complexity index is 661. The third kappa shape index (κ3) is 2.84. The highest BCUT2D eigenvalue weighted by Gasteiger charge is 2.28. The molecule has 0 atom stereocenters. The Kier molecular flexibility index (Phi) is 3.51. The normalized spacial score (nSPS) is 14.0. The van der Waals surface area contributed by atoms with Crippen LogP contribution < -0.4 is 4.74 Å². The Balaban J connectivity index is 1.88. The van der Waals surface area contributed by atoms with Crippen LogP contribution in [0.4, 0.5) is 0 Å². The van der Waals surface area contributed by atoms with Crippen LogP contribution in [0.1, 0.15) is 40.2 Å². The van der Waals surface area contributed by atoms with Gasteiger partial charge in [-0.3, -0.25) is 0 Å². The molecule has 21 heavy (non-hydrogen) atoms. The zero-order chi connectivity index (χ0) is 14.8. The molecule has 1 aliphatic carbocycles. The number of rotatable bonds is 5. The summed E-state index contributed by atoms with van der Waals surface area (Å²) in [6.45, 7) is 0.216.